The van der Waals surface area contributed by atoms with Crippen LogP contribution >= 0.6 is 11.6 Å². The number of carbonyl (C=O) groups is 1. The molecule has 0 fully saturated rings. The molecule has 1 heterocycles. The third-order valence-corrected chi connectivity index (χ3v) is 3.30. The van der Waals surface area contributed by atoms with Crippen molar-refractivity contribution in [3.05, 3.63) is 58.5 Å². The number of rotatable bonds is 6. The van der Waals surface area contributed by atoms with E-state index in [1.807, 2.05) is 19.1 Å². The average molecular weight is 308 g/mol. The summed E-state index contributed by atoms with van der Waals surface area (Å²) in [7, 11) is 1.61. The fourth-order valence-corrected chi connectivity index (χ4v) is 2.21. The molecule has 1 amide bonds. The SMILES string of the molecule is COCCN(Cc1ccc(C)o1)C(=O)c1cccc(Cl)c1. The van der Waals surface area contributed by atoms with Crippen LogP contribution in [0.15, 0.2) is 40.8 Å². The Morgan fingerprint density at radius 2 is 2.14 bits per heavy atom. The maximum absolute atomic E-state index is 12.6. The smallest absolute Gasteiger partial charge is 0.254 e. The average Bonchev–Trinajstić information content (AvgIpc) is 2.88. The van der Waals surface area contributed by atoms with E-state index in [9.17, 15) is 4.79 Å². The molecule has 0 aliphatic heterocycles. The molecule has 2 aromatic rings. The van der Waals surface area contributed by atoms with Crippen LogP contribution in [-0.4, -0.2) is 31.1 Å². The lowest BCUT2D eigenvalue weighted by atomic mass is 10.2. The van der Waals surface area contributed by atoms with Crippen molar-refractivity contribution in [3.8, 4) is 0 Å². The Bertz CT molecular complexity index is 609. The number of carbonyl (C=O) groups excluding carboxylic acids is 1. The highest BCUT2D eigenvalue weighted by atomic mass is 35.5. The van der Waals surface area contributed by atoms with Crippen molar-refractivity contribution >= 4 is 17.5 Å². The predicted octanol–water partition coefficient (Wildman–Crippen LogP) is 3.53. The van der Waals surface area contributed by atoms with Gasteiger partial charge in [0.1, 0.15) is 11.5 Å². The van der Waals surface area contributed by atoms with Crippen LogP contribution in [0.2, 0.25) is 5.02 Å². The molecule has 0 aliphatic carbocycles. The third kappa shape index (κ3) is 4.34. The Morgan fingerprint density at radius 1 is 1.33 bits per heavy atom. The Labute approximate surface area is 129 Å². The van der Waals surface area contributed by atoms with Gasteiger partial charge >= 0.3 is 0 Å². The van der Waals surface area contributed by atoms with Gasteiger partial charge in [-0.2, -0.15) is 0 Å². The van der Waals surface area contributed by atoms with Crippen molar-refractivity contribution in [2.45, 2.75) is 13.5 Å². The molecule has 0 bridgehead atoms. The summed E-state index contributed by atoms with van der Waals surface area (Å²) in [4.78, 5) is 14.3. The van der Waals surface area contributed by atoms with Crippen molar-refractivity contribution in [2.75, 3.05) is 20.3 Å². The number of hydrogen-bond acceptors (Lipinski definition) is 3. The van der Waals surface area contributed by atoms with Gasteiger partial charge in [-0.25, -0.2) is 0 Å². The number of halogens is 1. The molecule has 1 aromatic carbocycles. The van der Waals surface area contributed by atoms with Gasteiger partial charge in [0.25, 0.3) is 5.91 Å². The minimum atomic E-state index is -0.0939. The van der Waals surface area contributed by atoms with Gasteiger partial charge in [-0.1, -0.05) is 17.7 Å². The maximum Gasteiger partial charge on any atom is 0.254 e. The fourth-order valence-electron chi connectivity index (χ4n) is 2.02. The van der Waals surface area contributed by atoms with E-state index in [0.29, 0.717) is 30.3 Å². The first-order valence-corrected chi connectivity index (χ1v) is 7.07. The standard InChI is InChI=1S/C16H18ClNO3/c1-12-6-7-15(21-12)11-18(8-9-20-2)16(19)13-4-3-5-14(17)10-13/h3-7,10H,8-9,11H2,1-2H3. The first kappa shape index (κ1) is 15.6. The maximum atomic E-state index is 12.6. The first-order chi connectivity index (χ1) is 10.1. The second kappa shape index (κ2) is 7.29. The van der Waals surface area contributed by atoms with Crippen LogP contribution in [0.3, 0.4) is 0 Å². The third-order valence-electron chi connectivity index (χ3n) is 3.07. The second-order valence-electron chi connectivity index (χ2n) is 4.74. The Kier molecular flexibility index (Phi) is 5.42. The van der Waals surface area contributed by atoms with Crippen LogP contribution in [0.1, 0.15) is 21.9 Å². The summed E-state index contributed by atoms with van der Waals surface area (Å²) >= 11 is 5.95. The van der Waals surface area contributed by atoms with E-state index in [-0.39, 0.29) is 5.91 Å². The van der Waals surface area contributed by atoms with Crippen molar-refractivity contribution in [2.24, 2.45) is 0 Å². The Hall–Kier alpha value is -1.78. The molecule has 0 saturated carbocycles. The molecule has 21 heavy (non-hydrogen) atoms. The van der Waals surface area contributed by atoms with Crippen LogP contribution in [0.4, 0.5) is 0 Å². The summed E-state index contributed by atoms with van der Waals surface area (Å²) in [6, 6.07) is 10.7. The van der Waals surface area contributed by atoms with Crippen LogP contribution in [0.5, 0.6) is 0 Å². The van der Waals surface area contributed by atoms with E-state index >= 15 is 0 Å². The summed E-state index contributed by atoms with van der Waals surface area (Å²) in [5.74, 6) is 1.48. The lowest BCUT2D eigenvalue weighted by Crippen LogP contribution is -2.33. The van der Waals surface area contributed by atoms with Gasteiger partial charge in [0, 0.05) is 24.2 Å². The monoisotopic (exact) mass is 307 g/mol. The molecule has 0 aliphatic rings. The number of hydrogen-bond donors (Lipinski definition) is 0. The predicted molar refractivity (Wildman–Crippen MR) is 81.5 cm³/mol. The molecule has 112 valence electrons. The van der Waals surface area contributed by atoms with Gasteiger partial charge in [-0.05, 0) is 37.3 Å². The summed E-state index contributed by atoms with van der Waals surface area (Å²) < 4.78 is 10.6. The van der Waals surface area contributed by atoms with Crippen molar-refractivity contribution in [1.29, 1.82) is 0 Å². The van der Waals surface area contributed by atoms with Gasteiger partial charge in [0.05, 0.1) is 13.2 Å². The molecule has 4 nitrogen and oxygen atoms in total. The summed E-state index contributed by atoms with van der Waals surface area (Å²) in [5, 5.41) is 0.543. The normalized spacial score (nSPS) is 10.6. The molecule has 0 saturated heterocycles. The van der Waals surface area contributed by atoms with Crippen molar-refractivity contribution in [1.82, 2.24) is 4.90 Å². The number of aryl methyl sites for hydroxylation is 1. The van der Waals surface area contributed by atoms with Gasteiger partial charge < -0.3 is 14.1 Å². The lowest BCUT2D eigenvalue weighted by molar-refractivity contribution is 0.0666. The van der Waals surface area contributed by atoms with Crippen LogP contribution < -0.4 is 0 Å². The molecule has 2 rings (SSSR count). The van der Waals surface area contributed by atoms with E-state index in [0.717, 1.165) is 11.5 Å². The van der Waals surface area contributed by atoms with E-state index in [1.54, 1.807) is 36.3 Å². The number of methoxy groups -OCH3 is 1. The minimum absolute atomic E-state index is 0.0939. The zero-order valence-electron chi connectivity index (χ0n) is 12.1. The van der Waals surface area contributed by atoms with Crippen LogP contribution in [0.25, 0.3) is 0 Å². The number of amides is 1. The molecule has 5 heteroatoms. The fraction of sp³-hybridized carbons (Fsp3) is 0.312. The van der Waals surface area contributed by atoms with E-state index in [4.69, 9.17) is 20.8 Å². The van der Waals surface area contributed by atoms with Gasteiger partial charge in [-0.3, -0.25) is 4.79 Å². The molecule has 0 spiro atoms. The van der Waals surface area contributed by atoms with Gasteiger partial charge in [0.2, 0.25) is 0 Å². The second-order valence-corrected chi connectivity index (χ2v) is 5.18. The highest BCUT2D eigenvalue weighted by Gasteiger charge is 2.17. The van der Waals surface area contributed by atoms with E-state index < -0.39 is 0 Å². The molecule has 1 aromatic heterocycles. The van der Waals surface area contributed by atoms with E-state index in [2.05, 4.69) is 0 Å². The van der Waals surface area contributed by atoms with Crippen LogP contribution in [-0.2, 0) is 11.3 Å². The van der Waals surface area contributed by atoms with Crippen molar-refractivity contribution in [3.63, 3.8) is 0 Å². The molecular weight excluding hydrogens is 290 g/mol. The number of benzene rings is 1. The molecule has 0 radical (unpaired) electrons. The molecule has 0 atom stereocenters. The number of ether oxygens (including phenoxy) is 1. The zero-order chi connectivity index (χ0) is 15.2. The quantitative estimate of drug-likeness (QED) is 0.820. The largest absolute Gasteiger partial charge is 0.464 e. The minimum Gasteiger partial charge on any atom is -0.464 e. The highest BCUT2D eigenvalue weighted by Crippen LogP contribution is 2.15. The summed E-state index contributed by atoms with van der Waals surface area (Å²) in [5.41, 5.74) is 0.557. The Balaban J connectivity index is 2.16. The number of nitrogens with zero attached hydrogens (tertiary/aromatic N) is 1. The highest BCUT2D eigenvalue weighted by molar-refractivity contribution is 6.30. The topological polar surface area (TPSA) is 42.7 Å². The first-order valence-electron chi connectivity index (χ1n) is 6.69. The number of furan rings is 1. The molecular formula is C16H18ClNO3. The van der Waals surface area contributed by atoms with Gasteiger partial charge in [0.15, 0.2) is 0 Å². The van der Waals surface area contributed by atoms with Gasteiger partial charge in [-0.15, -0.1) is 0 Å². The summed E-state index contributed by atoms with van der Waals surface area (Å²) in [6.45, 7) is 3.23. The lowest BCUT2D eigenvalue weighted by Gasteiger charge is -2.21. The summed E-state index contributed by atoms with van der Waals surface area (Å²) in [6.07, 6.45) is 0. The molecule has 0 N–H and O–H groups in total. The van der Waals surface area contributed by atoms with Crippen LogP contribution in [0, 0.1) is 6.92 Å². The van der Waals surface area contributed by atoms with Crippen molar-refractivity contribution < 1.29 is 13.9 Å². The molecule has 0 unspecified atom stereocenters. The van der Waals surface area contributed by atoms with E-state index in [1.165, 1.54) is 0 Å². The zero-order valence-corrected chi connectivity index (χ0v) is 12.9. The Morgan fingerprint density at radius 3 is 2.76 bits per heavy atom.